The van der Waals surface area contributed by atoms with Crippen molar-refractivity contribution >= 4 is 16.6 Å². The highest BCUT2D eigenvalue weighted by molar-refractivity contribution is 5.83. The molecule has 0 aliphatic carbocycles. The quantitative estimate of drug-likeness (QED) is 0.733. The van der Waals surface area contributed by atoms with Gasteiger partial charge in [-0.25, -0.2) is 0 Å². The Morgan fingerprint density at radius 3 is 2.80 bits per heavy atom. The third kappa shape index (κ3) is 2.48. The fourth-order valence-corrected chi connectivity index (χ4v) is 2.48. The first-order chi connectivity index (χ1) is 9.74. The summed E-state index contributed by atoms with van der Waals surface area (Å²) in [5.41, 5.74) is 9.01. The number of hydrogen-bond donors (Lipinski definition) is 1. The van der Waals surface area contributed by atoms with Crippen LogP contribution in [0.5, 0.6) is 5.75 Å². The summed E-state index contributed by atoms with van der Waals surface area (Å²) in [6.45, 7) is 3.59. The smallest absolute Gasteiger partial charge is 0.121 e. The molecular formula is C17H18N2O. The van der Waals surface area contributed by atoms with Crippen LogP contribution in [0.4, 0.5) is 5.69 Å². The first-order valence-corrected chi connectivity index (χ1v) is 6.77. The van der Waals surface area contributed by atoms with Crippen molar-refractivity contribution in [2.24, 2.45) is 0 Å². The number of nitrogen functional groups attached to an aromatic ring is 1. The predicted octanol–water partition coefficient (Wildman–Crippen LogP) is 3.61. The zero-order valence-electron chi connectivity index (χ0n) is 11.5. The number of nitrogens with zero attached hydrogens (tertiary/aromatic N) is 1. The molecule has 0 saturated heterocycles. The minimum atomic E-state index is 0.627. The Kier molecular flexibility index (Phi) is 3.33. The first kappa shape index (κ1) is 12.6. The molecular weight excluding hydrogens is 248 g/mol. The minimum Gasteiger partial charge on any atom is -0.492 e. The van der Waals surface area contributed by atoms with Crippen molar-refractivity contribution in [3.8, 4) is 5.75 Å². The second-order valence-corrected chi connectivity index (χ2v) is 4.94. The molecule has 1 aromatic heterocycles. The van der Waals surface area contributed by atoms with Crippen LogP contribution in [-0.4, -0.2) is 11.2 Å². The first-order valence-electron chi connectivity index (χ1n) is 6.77. The molecule has 0 radical (unpaired) electrons. The summed E-state index contributed by atoms with van der Waals surface area (Å²) in [4.78, 5) is 0. The van der Waals surface area contributed by atoms with Crippen LogP contribution in [0.1, 0.15) is 5.56 Å². The molecule has 0 aliphatic heterocycles. The average molecular weight is 266 g/mol. The zero-order chi connectivity index (χ0) is 13.9. The van der Waals surface area contributed by atoms with Gasteiger partial charge in [0.15, 0.2) is 0 Å². The van der Waals surface area contributed by atoms with Crippen molar-refractivity contribution < 1.29 is 4.74 Å². The summed E-state index contributed by atoms with van der Waals surface area (Å²) in [6, 6.07) is 16.0. The van der Waals surface area contributed by atoms with Gasteiger partial charge in [0, 0.05) is 28.9 Å². The van der Waals surface area contributed by atoms with Crippen LogP contribution in [0.3, 0.4) is 0 Å². The molecule has 0 amide bonds. The van der Waals surface area contributed by atoms with Crippen LogP contribution in [-0.2, 0) is 6.54 Å². The lowest BCUT2D eigenvalue weighted by molar-refractivity contribution is 0.300. The van der Waals surface area contributed by atoms with Crippen LogP contribution in [0.25, 0.3) is 10.9 Å². The predicted molar refractivity (Wildman–Crippen MR) is 83.0 cm³/mol. The number of fused-ring (bicyclic) bond motifs is 1. The highest BCUT2D eigenvalue weighted by Crippen LogP contribution is 2.20. The van der Waals surface area contributed by atoms with E-state index < -0.39 is 0 Å². The highest BCUT2D eigenvalue weighted by atomic mass is 16.5. The summed E-state index contributed by atoms with van der Waals surface area (Å²) in [6.07, 6.45) is 2.17. The van der Waals surface area contributed by atoms with Gasteiger partial charge in [0.1, 0.15) is 12.4 Å². The molecule has 20 heavy (non-hydrogen) atoms. The normalized spacial score (nSPS) is 10.8. The van der Waals surface area contributed by atoms with E-state index in [1.54, 1.807) is 0 Å². The number of hydrogen-bond acceptors (Lipinski definition) is 2. The van der Waals surface area contributed by atoms with E-state index in [2.05, 4.69) is 42.0 Å². The summed E-state index contributed by atoms with van der Waals surface area (Å²) in [5, 5.41) is 1.30. The fraction of sp³-hybridized carbons (Fsp3) is 0.176. The Bertz CT molecular complexity index is 731. The molecule has 0 unspecified atom stereocenters. The molecule has 3 aromatic rings. The molecule has 102 valence electrons. The van der Waals surface area contributed by atoms with Crippen LogP contribution >= 0.6 is 0 Å². The number of ether oxygens (including phenoxy) is 1. The Morgan fingerprint density at radius 2 is 1.95 bits per heavy atom. The second-order valence-electron chi connectivity index (χ2n) is 4.94. The van der Waals surface area contributed by atoms with Gasteiger partial charge in [-0.3, -0.25) is 0 Å². The molecule has 0 fully saturated rings. The lowest BCUT2D eigenvalue weighted by atomic mass is 10.2. The van der Waals surface area contributed by atoms with Gasteiger partial charge in [0.25, 0.3) is 0 Å². The lowest BCUT2D eigenvalue weighted by Crippen LogP contribution is -2.07. The van der Waals surface area contributed by atoms with E-state index in [1.165, 1.54) is 16.5 Å². The zero-order valence-corrected chi connectivity index (χ0v) is 11.5. The third-order valence-electron chi connectivity index (χ3n) is 3.45. The molecule has 0 spiro atoms. The summed E-state index contributed by atoms with van der Waals surface area (Å²) in [7, 11) is 0. The Labute approximate surface area is 118 Å². The van der Waals surface area contributed by atoms with Gasteiger partial charge in [-0.15, -0.1) is 0 Å². The number of aromatic nitrogens is 1. The van der Waals surface area contributed by atoms with Crippen molar-refractivity contribution in [1.29, 1.82) is 0 Å². The standard InChI is InChI=1S/C17H18N2O/c1-13-12-19(17-8-3-2-7-16(13)17)9-10-20-15-6-4-5-14(18)11-15/h2-8,11-12H,9-10,18H2,1H3. The average Bonchev–Trinajstić information content (AvgIpc) is 2.77. The van der Waals surface area contributed by atoms with Crippen molar-refractivity contribution in [3.05, 3.63) is 60.3 Å². The lowest BCUT2D eigenvalue weighted by Gasteiger charge is -2.08. The third-order valence-corrected chi connectivity index (χ3v) is 3.45. The number of nitrogens with two attached hydrogens (primary N) is 1. The van der Waals surface area contributed by atoms with E-state index in [0.29, 0.717) is 6.61 Å². The van der Waals surface area contributed by atoms with Crippen LogP contribution in [0.15, 0.2) is 54.7 Å². The van der Waals surface area contributed by atoms with Gasteiger partial charge in [-0.1, -0.05) is 24.3 Å². The van der Waals surface area contributed by atoms with E-state index in [4.69, 9.17) is 10.5 Å². The number of benzene rings is 2. The molecule has 3 nitrogen and oxygen atoms in total. The Hall–Kier alpha value is -2.42. The Balaban J connectivity index is 1.71. The molecule has 0 bridgehead atoms. The topological polar surface area (TPSA) is 40.2 Å². The van der Waals surface area contributed by atoms with Crippen molar-refractivity contribution in [2.75, 3.05) is 12.3 Å². The number of para-hydroxylation sites is 1. The molecule has 2 N–H and O–H groups in total. The van der Waals surface area contributed by atoms with Gasteiger partial charge in [0.2, 0.25) is 0 Å². The monoisotopic (exact) mass is 266 g/mol. The van der Waals surface area contributed by atoms with Crippen LogP contribution in [0.2, 0.25) is 0 Å². The SMILES string of the molecule is Cc1cn(CCOc2cccc(N)c2)c2ccccc12. The highest BCUT2D eigenvalue weighted by Gasteiger charge is 2.04. The maximum Gasteiger partial charge on any atom is 0.121 e. The van der Waals surface area contributed by atoms with E-state index >= 15 is 0 Å². The number of aryl methyl sites for hydroxylation is 1. The van der Waals surface area contributed by atoms with Crippen LogP contribution in [0, 0.1) is 6.92 Å². The van der Waals surface area contributed by atoms with Gasteiger partial charge in [-0.2, -0.15) is 0 Å². The van der Waals surface area contributed by atoms with E-state index in [1.807, 2.05) is 24.3 Å². The van der Waals surface area contributed by atoms with Gasteiger partial charge in [-0.05, 0) is 30.7 Å². The maximum absolute atomic E-state index is 5.75. The Morgan fingerprint density at radius 1 is 1.10 bits per heavy atom. The molecule has 3 heteroatoms. The summed E-state index contributed by atoms with van der Waals surface area (Å²) >= 11 is 0. The second kappa shape index (κ2) is 5.29. The maximum atomic E-state index is 5.75. The van der Waals surface area contributed by atoms with Gasteiger partial charge in [0.05, 0.1) is 6.54 Å². The molecule has 2 aromatic carbocycles. The van der Waals surface area contributed by atoms with Gasteiger partial charge >= 0.3 is 0 Å². The fourth-order valence-electron chi connectivity index (χ4n) is 2.48. The van der Waals surface area contributed by atoms with E-state index in [0.717, 1.165) is 18.0 Å². The number of rotatable bonds is 4. The number of anilines is 1. The summed E-state index contributed by atoms with van der Waals surface area (Å²) < 4.78 is 7.98. The van der Waals surface area contributed by atoms with Crippen molar-refractivity contribution in [1.82, 2.24) is 4.57 Å². The van der Waals surface area contributed by atoms with Crippen molar-refractivity contribution in [3.63, 3.8) is 0 Å². The van der Waals surface area contributed by atoms with Gasteiger partial charge < -0.3 is 15.0 Å². The molecule has 3 rings (SSSR count). The van der Waals surface area contributed by atoms with E-state index in [9.17, 15) is 0 Å². The molecule has 0 saturated carbocycles. The van der Waals surface area contributed by atoms with E-state index in [-0.39, 0.29) is 0 Å². The summed E-state index contributed by atoms with van der Waals surface area (Å²) in [5.74, 6) is 0.818. The molecule has 0 atom stereocenters. The largest absolute Gasteiger partial charge is 0.492 e. The van der Waals surface area contributed by atoms with Crippen LogP contribution < -0.4 is 10.5 Å². The molecule has 1 heterocycles. The minimum absolute atomic E-state index is 0.627. The van der Waals surface area contributed by atoms with Crippen molar-refractivity contribution in [2.45, 2.75) is 13.5 Å². The molecule has 0 aliphatic rings.